The molecular formula is C20H28N4O3S. The maximum atomic E-state index is 12.9. The van der Waals surface area contributed by atoms with E-state index in [2.05, 4.69) is 16.3 Å². The molecule has 7 nitrogen and oxygen atoms in total. The number of nitrogens with zero attached hydrogens (tertiary/aromatic N) is 3. The lowest BCUT2D eigenvalue weighted by Gasteiger charge is -2.39. The topological polar surface area (TPSA) is 73.0 Å². The SMILES string of the molecule is O=C1NCCN(Cc2cccs2)C1CC(=O)N1CCN(C2CCCC2)C(=O)C1. The summed E-state index contributed by atoms with van der Waals surface area (Å²) in [5, 5.41) is 4.90. The van der Waals surface area contributed by atoms with Gasteiger partial charge >= 0.3 is 0 Å². The van der Waals surface area contributed by atoms with Gasteiger partial charge in [0, 0.05) is 43.6 Å². The molecule has 1 saturated carbocycles. The second-order valence-corrected chi connectivity index (χ2v) is 8.93. The third-order valence-electron chi connectivity index (χ3n) is 6.12. The van der Waals surface area contributed by atoms with Gasteiger partial charge in [-0.25, -0.2) is 0 Å². The Labute approximate surface area is 169 Å². The Kier molecular flexibility index (Phi) is 5.96. The van der Waals surface area contributed by atoms with Crippen LogP contribution in [-0.2, 0) is 20.9 Å². The maximum Gasteiger partial charge on any atom is 0.242 e. The van der Waals surface area contributed by atoms with Crippen molar-refractivity contribution in [2.45, 2.75) is 50.7 Å². The molecule has 4 rings (SSSR count). The Balaban J connectivity index is 1.36. The first-order chi connectivity index (χ1) is 13.6. The molecule has 1 aromatic rings. The van der Waals surface area contributed by atoms with Gasteiger partial charge in [-0.1, -0.05) is 18.9 Å². The highest BCUT2D eigenvalue weighted by atomic mass is 32.1. The monoisotopic (exact) mass is 404 g/mol. The van der Waals surface area contributed by atoms with Crippen LogP contribution in [0.15, 0.2) is 17.5 Å². The smallest absolute Gasteiger partial charge is 0.242 e. The molecule has 3 fully saturated rings. The highest BCUT2D eigenvalue weighted by molar-refractivity contribution is 7.09. The number of rotatable bonds is 5. The van der Waals surface area contributed by atoms with Crippen molar-refractivity contribution >= 4 is 29.1 Å². The van der Waals surface area contributed by atoms with E-state index in [0.29, 0.717) is 32.2 Å². The summed E-state index contributed by atoms with van der Waals surface area (Å²) in [4.78, 5) is 44.8. The number of hydrogen-bond acceptors (Lipinski definition) is 5. The van der Waals surface area contributed by atoms with Crippen LogP contribution in [0, 0.1) is 0 Å². The quantitative estimate of drug-likeness (QED) is 0.796. The molecule has 152 valence electrons. The molecule has 1 aromatic heterocycles. The predicted molar refractivity (Wildman–Crippen MR) is 107 cm³/mol. The average molecular weight is 405 g/mol. The van der Waals surface area contributed by atoms with Crippen molar-refractivity contribution in [2.24, 2.45) is 0 Å². The molecular weight excluding hydrogens is 376 g/mol. The Morgan fingerprint density at radius 2 is 2.00 bits per heavy atom. The summed E-state index contributed by atoms with van der Waals surface area (Å²) < 4.78 is 0. The van der Waals surface area contributed by atoms with Gasteiger partial charge in [0.25, 0.3) is 0 Å². The van der Waals surface area contributed by atoms with Crippen LogP contribution >= 0.6 is 11.3 Å². The van der Waals surface area contributed by atoms with E-state index in [4.69, 9.17) is 0 Å². The molecule has 1 atom stereocenters. The van der Waals surface area contributed by atoms with Crippen LogP contribution in [0.25, 0.3) is 0 Å². The summed E-state index contributed by atoms with van der Waals surface area (Å²) in [5.74, 6) is -0.139. The Morgan fingerprint density at radius 1 is 1.18 bits per heavy atom. The van der Waals surface area contributed by atoms with E-state index < -0.39 is 6.04 Å². The van der Waals surface area contributed by atoms with Gasteiger partial charge in [-0.3, -0.25) is 19.3 Å². The highest BCUT2D eigenvalue weighted by Gasteiger charge is 2.36. The zero-order valence-corrected chi connectivity index (χ0v) is 17.0. The molecule has 0 bridgehead atoms. The fraction of sp³-hybridized carbons (Fsp3) is 0.650. The van der Waals surface area contributed by atoms with Gasteiger partial charge in [-0.15, -0.1) is 11.3 Å². The molecule has 0 aromatic carbocycles. The summed E-state index contributed by atoms with van der Waals surface area (Å²) >= 11 is 1.66. The van der Waals surface area contributed by atoms with E-state index >= 15 is 0 Å². The van der Waals surface area contributed by atoms with Crippen molar-refractivity contribution in [1.29, 1.82) is 0 Å². The lowest BCUT2D eigenvalue weighted by Crippen LogP contribution is -2.58. The summed E-state index contributed by atoms with van der Waals surface area (Å²) in [5.41, 5.74) is 0. The van der Waals surface area contributed by atoms with Gasteiger partial charge in [0.1, 0.15) is 0 Å². The minimum absolute atomic E-state index is 0.0510. The summed E-state index contributed by atoms with van der Waals surface area (Å²) in [6.45, 7) is 3.35. The molecule has 2 aliphatic heterocycles. The van der Waals surface area contributed by atoms with E-state index in [1.54, 1.807) is 16.2 Å². The van der Waals surface area contributed by atoms with Crippen LogP contribution in [0.2, 0.25) is 0 Å². The number of piperazine rings is 2. The van der Waals surface area contributed by atoms with Crippen molar-refractivity contribution < 1.29 is 14.4 Å². The first-order valence-corrected chi connectivity index (χ1v) is 11.1. The minimum atomic E-state index is -0.466. The van der Waals surface area contributed by atoms with Gasteiger partial charge in [-0.05, 0) is 24.3 Å². The number of thiophene rings is 1. The molecule has 1 N–H and O–H groups in total. The predicted octanol–water partition coefficient (Wildman–Crippen LogP) is 1.05. The van der Waals surface area contributed by atoms with Crippen LogP contribution in [0.1, 0.15) is 37.0 Å². The van der Waals surface area contributed by atoms with Crippen LogP contribution in [0.4, 0.5) is 0 Å². The van der Waals surface area contributed by atoms with E-state index in [1.807, 2.05) is 16.3 Å². The molecule has 3 aliphatic rings. The lowest BCUT2D eigenvalue weighted by molar-refractivity contribution is -0.148. The molecule has 3 heterocycles. The van der Waals surface area contributed by atoms with Gasteiger partial charge in [0.2, 0.25) is 17.7 Å². The normalized spacial score (nSPS) is 24.6. The fourth-order valence-corrected chi connectivity index (χ4v) is 5.30. The third kappa shape index (κ3) is 4.22. The van der Waals surface area contributed by atoms with Gasteiger partial charge < -0.3 is 15.1 Å². The average Bonchev–Trinajstić information content (AvgIpc) is 3.38. The molecule has 8 heteroatoms. The standard InChI is InChI=1S/C20H28N4O3S/c25-18(23-9-10-24(19(26)14-23)15-4-1-2-5-15)12-17-20(27)21-7-8-22(17)13-16-6-3-11-28-16/h3,6,11,15,17H,1-2,4-5,7-10,12-14H2,(H,21,27). The second kappa shape index (κ2) is 8.61. The van der Waals surface area contributed by atoms with Gasteiger partial charge in [-0.2, -0.15) is 0 Å². The van der Waals surface area contributed by atoms with E-state index in [-0.39, 0.29) is 30.7 Å². The highest BCUT2D eigenvalue weighted by Crippen LogP contribution is 2.25. The zero-order valence-electron chi connectivity index (χ0n) is 16.1. The number of hydrogen-bond donors (Lipinski definition) is 1. The molecule has 1 unspecified atom stereocenters. The molecule has 28 heavy (non-hydrogen) atoms. The Hall–Kier alpha value is -1.93. The number of carbonyl (C=O) groups excluding carboxylic acids is 3. The maximum absolute atomic E-state index is 12.9. The van der Waals surface area contributed by atoms with Crippen molar-refractivity contribution in [3.8, 4) is 0 Å². The van der Waals surface area contributed by atoms with E-state index in [1.165, 1.54) is 17.7 Å². The zero-order chi connectivity index (χ0) is 19.5. The van der Waals surface area contributed by atoms with Crippen LogP contribution < -0.4 is 5.32 Å². The molecule has 0 spiro atoms. The summed E-state index contributed by atoms with van der Waals surface area (Å²) in [6.07, 6.45) is 4.68. The first-order valence-electron chi connectivity index (χ1n) is 10.2. The molecule has 1 aliphatic carbocycles. The van der Waals surface area contributed by atoms with Crippen LogP contribution in [0.3, 0.4) is 0 Å². The second-order valence-electron chi connectivity index (χ2n) is 7.90. The summed E-state index contributed by atoms with van der Waals surface area (Å²) in [7, 11) is 0. The van der Waals surface area contributed by atoms with E-state index in [0.717, 1.165) is 19.4 Å². The van der Waals surface area contributed by atoms with E-state index in [9.17, 15) is 14.4 Å². The Bertz CT molecular complexity index is 717. The Morgan fingerprint density at radius 3 is 2.71 bits per heavy atom. The number of carbonyl (C=O) groups is 3. The summed E-state index contributed by atoms with van der Waals surface area (Å²) in [6, 6.07) is 3.94. The number of nitrogens with one attached hydrogen (secondary N) is 1. The van der Waals surface area contributed by atoms with Crippen molar-refractivity contribution in [1.82, 2.24) is 20.0 Å². The van der Waals surface area contributed by atoms with Crippen molar-refractivity contribution in [3.63, 3.8) is 0 Å². The molecule has 3 amide bonds. The minimum Gasteiger partial charge on any atom is -0.353 e. The molecule has 0 radical (unpaired) electrons. The number of amides is 3. The largest absolute Gasteiger partial charge is 0.353 e. The van der Waals surface area contributed by atoms with Gasteiger partial charge in [0.05, 0.1) is 19.0 Å². The van der Waals surface area contributed by atoms with Crippen molar-refractivity contribution in [2.75, 3.05) is 32.7 Å². The lowest BCUT2D eigenvalue weighted by atomic mass is 10.1. The third-order valence-corrected chi connectivity index (χ3v) is 6.99. The van der Waals surface area contributed by atoms with Crippen LogP contribution in [-0.4, -0.2) is 77.2 Å². The fourth-order valence-electron chi connectivity index (χ4n) is 4.57. The van der Waals surface area contributed by atoms with Crippen molar-refractivity contribution in [3.05, 3.63) is 22.4 Å². The molecule has 2 saturated heterocycles. The first kappa shape index (κ1) is 19.4. The van der Waals surface area contributed by atoms with Crippen LogP contribution in [0.5, 0.6) is 0 Å². The van der Waals surface area contributed by atoms with Gasteiger partial charge in [0.15, 0.2) is 0 Å².